The van der Waals surface area contributed by atoms with Gasteiger partial charge in [-0.15, -0.1) is 0 Å². The topological polar surface area (TPSA) is 45.2 Å². The fraction of sp³-hybridized carbons (Fsp3) is 0.222. The quantitative estimate of drug-likeness (QED) is 0.758. The van der Waals surface area contributed by atoms with Gasteiger partial charge in [-0.1, -0.05) is 24.3 Å². The normalized spacial score (nSPS) is 12.8. The molecule has 3 heteroatoms. The second-order valence-electron chi connectivity index (χ2n) is 5.42. The van der Waals surface area contributed by atoms with Gasteiger partial charge in [0.15, 0.2) is 0 Å². The van der Waals surface area contributed by atoms with Gasteiger partial charge in [0.25, 0.3) is 0 Å². The summed E-state index contributed by atoms with van der Waals surface area (Å²) in [7, 11) is 0. The van der Waals surface area contributed by atoms with E-state index in [2.05, 4.69) is 4.98 Å². The van der Waals surface area contributed by atoms with Gasteiger partial charge in [0.1, 0.15) is 11.9 Å². The van der Waals surface area contributed by atoms with Gasteiger partial charge >= 0.3 is 0 Å². The molecule has 0 saturated heterocycles. The molecule has 1 unspecified atom stereocenters. The van der Waals surface area contributed by atoms with E-state index in [0.717, 1.165) is 27.8 Å². The first kappa shape index (κ1) is 13.7. The van der Waals surface area contributed by atoms with Crippen molar-refractivity contribution in [1.82, 2.24) is 4.98 Å². The number of hydrogen-bond acceptors (Lipinski definition) is 2. The highest BCUT2D eigenvalue weighted by molar-refractivity contribution is 5.83. The summed E-state index contributed by atoms with van der Waals surface area (Å²) in [6.07, 6.45) is 1.40. The molecule has 0 aliphatic carbocycles. The lowest BCUT2D eigenvalue weighted by Gasteiger charge is -2.14. The van der Waals surface area contributed by atoms with E-state index < -0.39 is 6.10 Å². The average molecular weight is 281 g/mol. The molecule has 21 heavy (non-hydrogen) atoms. The zero-order chi connectivity index (χ0) is 14.8. The molecule has 0 fully saturated rings. The lowest BCUT2D eigenvalue weighted by molar-refractivity contribution is 0.221. The Bertz CT molecular complexity index is 728. The number of aromatic nitrogens is 1. The van der Waals surface area contributed by atoms with E-state index in [1.54, 1.807) is 0 Å². The Morgan fingerprint density at radius 1 is 1.00 bits per heavy atom. The number of H-pyrrole nitrogens is 1. The maximum Gasteiger partial charge on any atom is 0.119 e. The molecule has 0 amide bonds. The van der Waals surface area contributed by atoms with Crippen LogP contribution in [0.5, 0.6) is 5.75 Å². The lowest BCUT2D eigenvalue weighted by atomic mass is 9.98. The van der Waals surface area contributed by atoms with Crippen molar-refractivity contribution >= 4 is 10.9 Å². The molecule has 3 aromatic rings. The monoisotopic (exact) mass is 281 g/mol. The van der Waals surface area contributed by atoms with Crippen LogP contribution in [0.25, 0.3) is 10.9 Å². The van der Waals surface area contributed by atoms with Crippen LogP contribution in [0.4, 0.5) is 0 Å². The first-order valence-corrected chi connectivity index (χ1v) is 7.16. The minimum absolute atomic E-state index is 0.148. The van der Waals surface area contributed by atoms with Crippen LogP contribution in [0.3, 0.4) is 0 Å². The lowest BCUT2D eigenvalue weighted by Crippen LogP contribution is -2.06. The number of fused-ring (bicyclic) bond motifs is 1. The Labute approximate surface area is 124 Å². The molecule has 0 radical (unpaired) electrons. The van der Waals surface area contributed by atoms with Crippen LogP contribution in [0.2, 0.25) is 0 Å². The summed E-state index contributed by atoms with van der Waals surface area (Å²) in [6, 6.07) is 15.5. The van der Waals surface area contributed by atoms with E-state index in [4.69, 9.17) is 4.74 Å². The zero-order valence-corrected chi connectivity index (χ0v) is 12.2. The number of aromatic amines is 1. The third-order valence-electron chi connectivity index (χ3n) is 3.49. The highest BCUT2D eigenvalue weighted by Crippen LogP contribution is 2.29. The highest BCUT2D eigenvalue weighted by Gasteiger charge is 2.14. The molecule has 0 aliphatic rings. The predicted octanol–water partition coefficient (Wildman–Crippen LogP) is 4.04. The highest BCUT2D eigenvalue weighted by atomic mass is 16.5. The van der Waals surface area contributed by atoms with Gasteiger partial charge in [-0.05, 0) is 49.2 Å². The van der Waals surface area contributed by atoms with Gasteiger partial charge in [-0.25, -0.2) is 0 Å². The second-order valence-corrected chi connectivity index (χ2v) is 5.42. The van der Waals surface area contributed by atoms with Crippen molar-refractivity contribution in [2.24, 2.45) is 0 Å². The largest absolute Gasteiger partial charge is 0.491 e. The van der Waals surface area contributed by atoms with E-state index in [0.29, 0.717) is 0 Å². The average Bonchev–Trinajstić information content (AvgIpc) is 2.95. The maximum absolute atomic E-state index is 10.6. The van der Waals surface area contributed by atoms with Crippen LogP contribution in [0.1, 0.15) is 31.1 Å². The number of nitrogens with one attached hydrogen (secondary N) is 1. The number of aliphatic hydroxyl groups is 1. The Morgan fingerprint density at radius 2 is 1.76 bits per heavy atom. The van der Waals surface area contributed by atoms with E-state index >= 15 is 0 Å². The molecule has 0 saturated carbocycles. The van der Waals surface area contributed by atoms with Gasteiger partial charge in [0.2, 0.25) is 0 Å². The third-order valence-corrected chi connectivity index (χ3v) is 3.49. The third kappa shape index (κ3) is 2.78. The molecule has 3 rings (SSSR count). The van der Waals surface area contributed by atoms with Crippen LogP contribution in [0, 0.1) is 0 Å². The molecule has 3 nitrogen and oxygen atoms in total. The minimum Gasteiger partial charge on any atom is -0.491 e. The molecule has 0 aliphatic heterocycles. The van der Waals surface area contributed by atoms with Crippen LogP contribution in [0.15, 0.2) is 54.7 Å². The smallest absolute Gasteiger partial charge is 0.119 e. The molecular formula is C18H19NO2. The summed E-state index contributed by atoms with van der Waals surface area (Å²) in [5.41, 5.74) is 2.80. The molecule has 2 N–H and O–H groups in total. The summed E-state index contributed by atoms with van der Waals surface area (Å²) in [5, 5.41) is 11.7. The molecule has 1 atom stereocenters. The first-order chi connectivity index (χ1) is 10.1. The standard InChI is InChI=1S/C18H19NO2/c1-12(2)21-14-8-6-13(7-9-14)18(20)16-4-3-5-17-15(16)10-11-19-17/h3-12,18-20H,1-2H3. The Kier molecular flexibility index (Phi) is 3.67. The number of ether oxygens (including phenoxy) is 1. The number of aliphatic hydroxyl groups excluding tert-OH is 1. The summed E-state index contributed by atoms with van der Waals surface area (Å²) < 4.78 is 5.63. The van der Waals surface area contributed by atoms with Crippen molar-refractivity contribution in [2.45, 2.75) is 26.1 Å². The molecule has 0 bridgehead atoms. The molecule has 0 spiro atoms. The number of rotatable bonds is 4. The summed E-state index contributed by atoms with van der Waals surface area (Å²) >= 11 is 0. The van der Waals surface area contributed by atoms with Crippen molar-refractivity contribution < 1.29 is 9.84 Å². The van der Waals surface area contributed by atoms with Crippen LogP contribution >= 0.6 is 0 Å². The van der Waals surface area contributed by atoms with Crippen molar-refractivity contribution in [1.29, 1.82) is 0 Å². The van der Waals surface area contributed by atoms with Crippen LogP contribution in [-0.2, 0) is 0 Å². The second kappa shape index (κ2) is 5.62. The summed E-state index contributed by atoms with van der Waals surface area (Å²) in [6.45, 7) is 3.99. The number of hydrogen-bond donors (Lipinski definition) is 2. The van der Waals surface area contributed by atoms with Crippen molar-refractivity contribution in [3.63, 3.8) is 0 Å². The van der Waals surface area contributed by atoms with E-state index in [1.807, 2.05) is 68.6 Å². The van der Waals surface area contributed by atoms with Crippen molar-refractivity contribution in [3.05, 3.63) is 65.9 Å². The first-order valence-electron chi connectivity index (χ1n) is 7.16. The minimum atomic E-state index is -0.641. The van der Waals surface area contributed by atoms with E-state index in [9.17, 15) is 5.11 Å². The van der Waals surface area contributed by atoms with E-state index in [-0.39, 0.29) is 6.10 Å². The van der Waals surface area contributed by atoms with Gasteiger partial charge < -0.3 is 14.8 Å². The molecule has 2 aromatic carbocycles. The molecule has 108 valence electrons. The SMILES string of the molecule is CC(C)Oc1ccc(C(O)c2cccc3[nH]ccc23)cc1. The molecular weight excluding hydrogens is 262 g/mol. The Morgan fingerprint density at radius 3 is 2.48 bits per heavy atom. The fourth-order valence-electron chi connectivity index (χ4n) is 2.53. The van der Waals surface area contributed by atoms with Gasteiger partial charge in [0, 0.05) is 17.1 Å². The summed E-state index contributed by atoms with van der Waals surface area (Å²) in [5.74, 6) is 0.820. The summed E-state index contributed by atoms with van der Waals surface area (Å²) in [4.78, 5) is 3.17. The van der Waals surface area contributed by atoms with Crippen molar-refractivity contribution in [2.75, 3.05) is 0 Å². The fourth-order valence-corrected chi connectivity index (χ4v) is 2.53. The molecule has 1 heterocycles. The number of benzene rings is 2. The zero-order valence-electron chi connectivity index (χ0n) is 12.2. The van der Waals surface area contributed by atoms with Crippen LogP contribution < -0.4 is 4.74 Å². The van der Waals surface area contributed by atoms with Gasteiger partial charge in [0.05, 0.1) is 6.10 Å². The predicted molar refractivity (Wildman–Crippen MR) is 84.6 cm³/mol. The maximum atomic E-state index is 10.6. The van der Waals surface area contributed by atoms with Crippen molar-refractivity contribution in [3.8, 4) is 5.75 Å². The van der Waals surface area contributed by atoms with Gasteiger partial charge in [-0.2, -0.15) is 0 Å². The molecule has 1 aromatic heterocycles. The van der Waals surface area contributed by atoms with E-state index in [1.165, 1.54) is 0 Å². The van der Waals surface area contributed by atoms with Crippen LogP contribution in [-0.4, -0.2) is 16.2 Å². The Balaban J connectivity index is 1.91. The van der Waals surface area contributed by atoms with Gasteiger partial charge in [-0.3, -0.25) is 0 Å². The Hall–Kier alpha value is -2.26.